The number of hydrogen-bond acceptors (Lipinski definition) is 2. The number of aldehydes is 1. The predicted molar refractivity (Wildman–Crippen MR) is 75.1 cm³/mol. The SMILES string of the molecule is CCC1(C=O)CC1/C(C)=C/c1ccccc1.CO. The molecule has 1 aromatic carbocycles. The lowest BCUT2D eigenvalue weighted by Crippen LogP contribution is -2.04. The molecule has 0 spiro atoms. The van der Waals surface area contributed by atoms with Gasteiger partial charge in [0.2, 0.25) is 0 Å². The number of rotatable bonds is 4. The first-order valence-corrected chi connectivity index (χ1v) is 6.36. The van der Waals surface area contributed by atoms with Gasteiger partial charge < -0.3 is 9.90 Å². The van der Waals surface area contributed by atoms with Crippen LogP contribution in [0.5, 0.6) is 0 Å². The zero-order valence-electron chi connectivity index (χ0n) is 11.4. The van der Waals surface area contributed by atoms with Crippen molar-refractivity contribution in [3.63, 3.8) is 0 Å². The molecule has 0 aliphatic heterocycles. The lowest BCUT2D eigenvalue weighted by atomic mass is 9.97. The summed E-state index contributed by atoms with van der Waals surface area (Å²) in [6, 6.07) is 10.3. The summed E-state index contributed by atoms with van der Waals surface area (Å²) in [5.41, 5.74) is 2.51. The lowest BCUT2D eigenvalue weighted by molar-refractivity contribution is -0.112. The quantitative estimate of drug-likeness (QED) is 0.827. The number of aliphatic hydroxyl groups excluding tert-OH is 1. The number of hydrogen-bond donors (Lipinski definition) is 1. The Kier molecular flexibility index (Phi) is 5.29. The van der Waals surface area contributed by atoms with Gasteiger partial charge in [-0.05, 0) is 31.2 Å². The largest absolute Gasteiger partial charge is 0.400 e. The fourth-order valence-electron chi connectivity index (χ4n) is 2.45. The van der Waals surface area contributed by atoms with E-state index in [1.165, 1.54) is 11.1 Å². The van der Waals surface area contributed by atoms with E-state index in [0.29, 0.717) is 5.92 Å². The topological polar surface area (TPSA) is 37.3 Å². The average molecular weight is 246 g/mol. The molecule has 0 aromatic heterocycles. The summed E-state index contributed by atoms with van der Waals surface area (Å²) in [5, 5.41) is 7.00. The summed E-state index contributed by atoms with van der Waals surface area (Å²) in [5.74, 6) is 0.468. The van der Waals surface area contributed by atoms with Crippen LogP contribution >= 0.6 is 0 Å². The summed E-state index contributed by atoms with van der Waals surface area (Å²) in [7, 11) is 1.00. The van der Waals surface area contributed by atoms with E-state index in [1.807, 2.05) is 18.2 Å². The van der Waals surface area contributed by atoms with E-state index >= 15 is 0 Å². The predicted octanol–water partition coefficient (Wildman–Crippen LogP) is 3.31. The molecule has 1 aliphatic rings. The highest BCUT2D eigenvalue weighted by molar-refractivity contribution is 5.68. The van der Waals surface area contributed by atoms with Crippen molar-refractivity contribution in [2.45, 2.75) is 26.7 Å². The fourth-order valence-corrected chi connectivity index (χ4v) is 2.45. The number of benzene rings is 1. The van der Waals surface area contributed by atoms with E-state index in [9.17, 15) is 4.79 Å². The summed E-state index contributed by atoms with van der Waals surface area (Å²) in [6.45, 7) is 4.24. The van der Waals surface area contributed by atoms with Crippen LogP contribution < -0.4 is 0 Å². The molecule has 0 amide bonds. The zero-order chi connectivity index (χ0) is 13.6. The average Bonchev–Trinajstić information content (AvgIpc) is 3.18. The molecule has 1 N–H and O–H groups in total. The second-order valence-electron chi connectivity index (χ2n) is 4.76. The van der Waals surface area contributed by atoms with Gasteiger partial charge in [0.25, 0.3) is 0 Å². The van der Waals surface area contributed by atoms with Crippen molar-refractivity contribution >= 4 is 12.4 Å². The van der Waals surface area contributed by atoms with Gasteiger partial charge in [0, 0.05) is 12.5 Å². The Balaban J connectivity index is 0.000000771. The molecular formula is C16H22O2. The number of carbonyl (C=O) groups is 1. The first-order chi connectivity index (χ1) is 8.72. The molecule has 0 saturated heterocycles. The molecule has 2 rings (SSSR count). The van der Waals surface area contributed by atoms with Gasteiger partial charge in [-0.3, -0.25) is 0 Å². The fraction of sp³-hybridized carbons (Fsp3) is 0.438. The zero-order valence-corrected chi connectivity index (χ0v) is 11.4. The Hall–Kier alpha value is -1.41. The minimum Gasteiger partial charge on any atom is -0.400 e. The first kappa shape index (κ1) is 14.7. The summed E-state index contributed by atoms with van der Waals surface area (Å²) >= 11 is 0. The summed E-state index contributed by atoms with van der Waals surface area (Å²) < 4.78 is 0. The van der Waals surface area contributed by atoms with Crippen LogP contribution in [0.3, 0.4) is 0 Å². The van der Waals surface area contributed by atoms with Gasteiger partial charge in [-0.2, -0.15) is 0 Å². The lowest BCUT2D eigenvalue weighted by Gasteiger charge is -2.06. The van der Waals surface area contributed by atoms with Crippen LogP contribution in [0.15, 0.2) is 35.9 Å². The van der Waals surface area contributed by atoms with Crippen molar-refractivity contribution in [3.8, 4) is 0 Å². The molecule has 1 fully saturated rings. The third-order valence-electron chi connectivity index (χ3n) is 3.75. The molecule has 1 aromatic rings. The summed E-state index contributed by atoms with van der Waals surface area (Å²) in [4.78, 5) is 11.1. The van der Waals surface area contributed by atoms with Crippen molar-refractivity contribution in [2.75, 3.05) is 7.11 Å². The number of carbonyl (C=O) groups excluding carboxylic acids is 1. The van der Waals surface area contributed by atoms with Gasteiger partial charge in [-0.25, -0.2) is 0 Å². The maximum Gasteiger partial charge on any atom is 0.126 e. The van der Waals surface area contributed by atoms with Crippen LogP contribution in [0.1, 0.15) is 32.3 Å². The van der Waals surface area contributed by atoms with Gasteiger partial charge in [-0.1, -0.05) is 48.9 Å². The van der Waals surface area contributed by atoms with Gasteiger partial charge in [0.15, 0.2) is 0 Å². The van der Waals surface area contributed by atoms with Crippen molar-refractivity contribution < 1.29 is 9.90 Å². The van der Waals surface area contributed by atoms with Crippen molar-refractivity contribution in [3.05, 3.63) is 41.5 Å². The number of aliphatic hydroxyl groups is 1. The van der Waals surface area contributed by atoms with Gasteiger partial charge in [0.05, 0.1) is 0 Å². The third-order valence-corrected chi connectivity index (χ3v) is 3.75. The van der Waals surface area contributed by atoms with Crippen LogP contribution in [0.25, 0.3) is 6.08 Å². The third kappa shape index (κ3) is 3.08. The minimum atomic E-state index is -0.0463. The van der Waals surface area contributed by atoms with E-state index in [2.05, 4.69) is 32.1 Å². The van der Waals surface area contributed by atoms with Gasteiger partial charge in [-0.15, -0.1) is 0 Å². The van der Waals surface area contributed by atoms with Crippen molar-refractivity contribution in [1.82, 2.24) is 0 Å². The highest BCUT2D eigenvalue weighted by Crippen LogP contribution is 2.57. The van der Waals surface area contributed by atoms with Crippen molar-refractivity contribution in [2.24, 2.45) is 11.3 Å². The molecule has 2 unspecified atom stereocenters. The van der Waals surface area contributed by atoms with Crippen LogP contribution in [-0.2, 0) is 4.79 Å². The van der Waals surface area contributed by atoms with E-state index in [1.54, 1.807) is 0 Å². The molecule has 98 valence electrons. The van der Waals surface area contributed by atoms with Crippen molar-refractivity contribution in [1.29, 1.82) is 0 Å². The second kappa shape index (κ2) is 6.50. The van der Waals surface area contributed by atoms with Gasteiger partial charge >= 0.3 is 0 Å². The maximum atomic E-state index is 11.1. The summed E-state index contributed by atoms with van der Waals surface area (Å²) in [6.07, 6.45) is 5.34. The first-order valence-electron chi connectivity index (χ1n) is 6.36. The molecule has 18 heavy (non-hydrogen) atoms. The standard InChI is InChI=1S/C15H18O.CH4O/c1-3-15(11-16)10-14(15)12(2)9-13-7-5-4-6-8-13;1-2/h4-9,11,14H,3,10H2,1-2H3;2H,1H3/b12-9+;. The number of allylic oxidation sites excluding steroid dienone is 1. The highest BCUT2D eigenvalue weighted by atomic mass is 16.2. The molecule has 0 radical (unpaired) electrons. The van der Waals surface area contributed by atoms with E-state index in [4.69, 9.17) is 5.11 Å². The Labute approximate surface area is 109 Å². The molecular weight excluding hydrogens is 224 g/mol. The monoisotopic (exact) mass is 246 g/mol. The van der Waals surface area contributed by atoms with Gasteiger partial charge in [0.1, 0.15) is 6.29 Å². The molecule has 0 heterocycles. The Morgan fingerprint density at radius 1 is 1.39 bits per heavy atom. The molecule has 2 nitrogen and oxygen atoms in total. The minimum absolute atomic E-state index is 0.0463. The smallest absolute Gasteiger partial charge is 0.126 e. The Morgan fingerprint density at radius 2 is 2.00 bits per heavy atom. The Bertz CT molecular complexity index is 408. The normalized spacial score (nSPS) is 26.0. The van der Waals surface area contributed by atoms with Crippen LogP contribution in [0.4, 0.5) is 0 Å². The molecule has 2 heteroatoms. The molecule has 1 saturated carbocycles. The Morgan fingerprint density at radius 3 is 2.44 bits per heavy atom. The second-order valence-corrected chi connectivity index (χ2v) is 4.76. The molecule has 0 bridgehead atoms. The molecule has 1 aliphatic carbocycles. The highest BCUT2D eigenvalue weighted by Gasteiger charge is 2.53. The van der Waals surface area contributed by atoms with E-state index in [0.717, 1.165) is 26.2 Å². The van der Waals surface area contributed by atoms with Crippen LogP contribution in [-0.4, -0.2) is 18.5 Å². The van der Waals surface area contributed by atoms with E-state index in [-0.39, 0.29) is 5.41 Å². The van der Waals surface area contributed by atoms with Crippen LogP contribution in [0.2, 0.25) is 0 Å². The van der Waals surface area contributed by atoms with E-state index < -0.39 is 0 Å². The van der Waals surface area contributed by atoms with Crippen LogP contribution in [0, 0.1) is 11.3 Å². The maximum absolute atomic E-state index is 11.1. The molecule has 2 atom stereocenters.